The molecule has 1 heterocycles. The van der Waals surface area contributed by atoms with Crippen molar-refractivity contribution in [2.75, 3.05) is 0 Å². The van der Waals surface area contributed by atoms with E-state index in [4.69, 9.17) is 9.72 Å². The highest BCUT2D eigenvalue weighted by atomic mass is 32.1. The molecule has 1 N–H and O–H groups in total. The molecule has 0 unspecified atom stereocenters. The number of hydrogen-bond acceptors (Lipinski definition) is 4. The quantitative estimate of drug-likeness (QED) is 0.451. The number of hydrogen-bond donors (Lipinski definition) is 1. The fourth-order valence-corrected chi connectivity index (χ4v) is 4.00. The summed E-state index contributed by atoms with van der Waals surface area (Å²) < 4.78 is 6.84. The molecular weight excluding hydrogens is 380 g/mol. The molecule has 4 aromatic rings. The molecule has 1 aromatic heterocycles. The molecule has 0 aliphatic heterocycles. The van der Waals surface area contributed by atoms with Crippen molar-refractivity contribution in [2.45, 2.75) is 26.5 Å². The smallest absolute Gasteiger partial charge is 0.251 e. The van der Waals surface area contributed by atoms with E-state index in [0.717, 1.165) is 21.7 Å². The first-order chi connectivity index (χ1) is 14.1. The first kappa shape index (κ1) is 19.2. The van der Waals surface area contributed by atoms with Gasteiger partial charge in [0.2, 0.25) is 0 Å². The van der Waals surface area contributed by atoms with Crippen molar-refractivity contribution in [1.82, 2.24) is 10.3 Å². The Morgan fingerprint density at radius 1 is 1.03 bits per heavy atom. The molecule has 0 spiro atoms. The molecule has 146 valence electrons. The molecule has 0 atom stereocenters. The number of amides is 1. The maximum atomic E-state index is 12.5. The van der Waals surface area contributed by atoms with Crippen molar-refractivity contribution < 1.29 is 9.53 Å². The number of aromatic nitrogens is 1. The molecule has 0 aliphatic carbocycles. The van der Waals surface area contributed by atoms with E-state index in [-0.39, 0.29) is 12.0 Å². The van der Waals surface area contributed by atoms with E-state index >= 15 is 0 Å². The number of para-hydroxylation sites is 1. The summed E-state index contributed by atoms with van der Waals surface area (Å²) in [4.78, 5) is 17.2. The van der Waals surface area contributed by atoms with Gasteiger partial charge in [-0.1, -0.05) is 42.5 Å². The van der Waals surface area contributed by atoms with Crippen LogP contribution in [-0.2, 0) is 6.54 Å². The van der Waals surface area contributed by atoms with E-state index in [2.05, 4.69) is 23.5 Å². The number of benzene rings is 3. The number of carbonyl (C=O) groups is 1. The summed E-state index contributed by atoms with van der Waals surface area (Å²) in [6.45, 7) is 4.39. The van der Waals surface area contributed by atoms with Crippen molar-refractivity contribution in [3.8, 4) is 16.3 Å². The lowest BCUT2D eigenvalue weighted by Gasteiger charge is -2.11. The van der Waals surface area contributed by atoms with Gasteiger partial charge in [-0.3, -0.25) is 4.79 Å². The zero-order valence-electron chi connectivity index (χ0n) is 16.4. The predicted octanol–water partition coefficient (Wildman–Crippen LogP) is 5.68. The van der Waals surface area contributed by atoms with Crippen molar-refractivity contribution in [3.05, 3.63) is 83.9 Å². The van der Waals surface area contributed by atoms with Crippen molar-refractivity contribution >= 4 is 27.5 Å². The Morgan fingerprint density at radius 2 is 1.83 bits per heavy atom. The highest BCUT2D eigenvalue weighted by molar-refractivity contribution is 7.21. The average molecular weight is 403 g/mol. The summed E-state index contributed by atoms with van der Waals surface area (Å²) in [5.74, 6) is 0.585. The van der Waals surface area contributed by atoms with Gasteiger partial charge in [0.15, 0.2) is 0 Å². The molecule has 4 rings (SSSR count). The van der Waals surface area contributed by atoms with Gasteiger partial charge in [-0.05, 0) is 49.7 Å². The van der Waals surface area contributed by atoms with Crippen molar-refractivity contribution in [1.29, 1.82) is 0 Å². The molecule has 5 heteroatoms. The normalized spacial score (nSPS) is 11.0. The second kappa shape index (κ2) is 8.45. The molecule has 0 bridgehead atoms. The zero-order valence-corrected chi connectivity index (χ0v) is 17.2. The maximum Gasteiger partial charge on any atom is 0.251 e. The fourth-order valence-electron chi connectivity index (χ4n) is 3.03. The summed E-state index contributed by atoms with van der Waals surface area (Å²) in [6.07, 6.45) is 0.0715. The lowest BCUT2D eigenvalue weighted by atomic mass is 10.1. The van der Waals surface area contributed by atoms with Crippen LogP contribution >= 0.6 is 11.3 Å². The van der Waals surface area contributed by atoms with E-state index in [1.165, 1.54) is 4.70 Å². The van der Waals surface area contributed by atoms with Gasteiger partial charge >= 0.3 is 0 Å². The van der Waals surface area contributed by atoms with Crippen molar-refractivity contribution in [2.24, 2.45) is 0 Å². The third-order valence-electron chi connectivity index (χ3n) is 4.42. The Bertz CT molecular complexity index is 1100. The largest absolute Gasteiger partial charge is 0.491 e. The van der Waals surface area contributed by atoms with Gasteiger partial charge in [-0.25, -0.2) is 4.98 Å². The van der Waals surface area contributed by atoms with Crippen LogP contribution < -0.4 is 10.1 Å². The number of nitrogens with one attached hydrogen (secondary N) is 1. The zero-order chi connectivity index (χ0) is 20.2. The second-order valence-electron chi connectivity index (χ2n) is 7.06. The number of rotatable bonds is 6. The topological polar surface area (TPSA) is 51.2 Å². The lowest BCUT2D eigenvalue weighted by Crippen LogP contribution is -2.22. The van der Waals surface area contributed by atoms with Crippen LogP contribution in [0, 0.1) is 0 Å². The van der Waals surface area contributed by atoms with Crippen LogP contribution in [0.5, 0.6) is 5.75 Å². The Kier molecular flexibility index (Phi) is 5.58. The molecule has 0 fully saturated rings. The Labute approximate surface area is 174 Å². The number of thiazole rings is 1. The molecular formula is C24H22N2O2S. The predicted molar refractivity (Wildman–Crippen MR) is 118 cm³/mol. The third-order valence-corrected chi connectivity index (χ3v) is 5.50. The van der Waals surface area contributed by atoms with Gasteiger partial charge in [0.1, 0.15) is 10.8 Å². The van der Waals surface area contributed by atoms with Crippen molar-refractivity contribution in [3.63, 3.8) is 0 Å². The fraction of sp³-hybridized carbons (Fsp3) is 0.167. The van der Waals surface area contributed by atoms with Crippen LogP contribution in [-0.4, -0.2) is 17.0 Å². The third kappa shape index (κ3) is 4.63. The number of fused-ring (bicyclic) bond motifs is 1. The monoisotopic (exact) mass is 402 g/mol. The maximum absolute atomic E-state index is 12.5. The van der Waals surface area contributed by atoms with Crippen LogP contribution in [0.15, 0.2) is 72.8 Å². The molecule has 1 amide bonds. The molecule has 29 heavy (non-hydrogen) atoms. The minimum atomic E-state index is -0.116. The molecule has 0 saturated heterocycles. The minimum Gasteiger partial charge on any atom is -0.491 e. The van der Waals surface area contributed by atoms with Crippen LogP contribution in [0.1, 0.15) is 29.8 Å². The highest BCUT2D eigenvalue weighted by Crippen LogP contribution is 2.30. The summed E-state index contributed by atoms with van der Waals surface area (Å²) in [6, 6.07) is 23.6. The molecule has 0 radical (unpaired) electrons. The SMILES string of the molecule is CC(C)Oc1cccc(C(=O)NCc2ccc(-c3nc4ccccc4s3)cc2)c1. The number of ether oxygens (including phenoxy) is 1. The van der Waals surface area contributed by atoms with Gasteiger partial charge in [0.05, 0.1) is 16.3 Å². The summed E-state index contributed by atoms with van der Waals surface area (Å²) >= 11 is 1.68. The Balaban J connectivity index is 1.41. The molecule has 3 aromatic carbocycles. The van der Waals surface area contributed by atoms with E-state index in [1.807, 2.05) is 56.3 Å². The first-order valence-corrected chi connectivity index (χ1v) is 10.4. The molecule has 0 saturated carbocycles. The van der Waals surface area contributed by atoms with E-state index in [0.29, 0.717) is 17.9 Å². The van der Waals surface area contributed by atoms with E-state index in [9.17, 15) is 4.79 Å². The van der Waals surface area contributed by atoms with Gasteiger partial charge in [0.25, 0.3) is 5.91 Å². The highest BCUT2D eigenvalue weighted by Gasteiger charge is 2.09. The van der Waals surface area contributed by atoms with Gasteiger partial charge in [-0.15, -0.1) is 11.3 Å². The number of nitrogens with zero attached hydrogens (tertiary/aromatic N) is 1. The standard InChI is InChI=1S/C24H22N2O2S/c1-16(2)28-20-7-5-6-19(14-20)23(27)25-15-17-10-12-18(13-11-17)24-26-21-8-3-4-9-22(21)29-24/h3-14,16H,15H2,1-2H3,(H,25,27). The first-order valence-electron chi connectivity index (χ1n) is 9.58. The second-order valence-corrected chi connectivity index (χ2v) is 8.09. The molecule has 4 nitrogen and oxygen atoms in total. The van der Waals surface area contributed by atoms with Crippen LogP contribution in [0.3, 0.4) is 0 Å². The Hall–Kier alpha value is -3.18. The van der Waals surface area contributed by atoms with Crippen LogP contribution in [0.2, 0.25) is 0 Å². The number of carbonyl (C=O) groups excluding carboxylic acids is 1. The lowest BCUT2D eigenvalue weighted by molar-refractivity contribution is 0.0950. The van der Waals surface area contributed by atoms with Gasteiger partial charge in [0, 0.05) is 17.7 Å². The summed E-state index contributed by atoms with van der Waals surface area (Å²) in [5.41, 5.74) is 3.74. The van der Waals surface area contributed by atoms with Crippen LogP contribution in [0.4, 0.5) is 0 Å². The minimum absolute atomic E-state index is 0.0715. The Morgan fingerprint density at radius 3 is 2.59 bits per heavy atom. The van der Waals surface area contributed by atoms with E-state index < -0.39 is 0 Å². The molecule has 0 aliphatic rings. The van der Waals surface area contributed by atoms with Crippen LogP contribution in [0.25, 0.3) is 20.8 Å². The summed E-state index contributed by atoms with van der Waals surface area (Å²) in [5, 5.41) is 3.97. The average Bonchev–Trinajstić information content (AvgIpc) is 3.16. The summed E-state index contributed by atoms with van der Waals surface area (Å²) in [7, 11) is 0. The van der Waals surface area contributed by atoms with E-state index in [1.54, 1.807) is 23.5 Å². The van der Waals surface area contributed by atoms with Gasteiger partial charge < -0.3 is 10.1 Å². The van der Waals surface area contributed by atoms with Gasteiger partial charge in [-0.2, -0.15) is 0 Å².